The first-order valence-corrected chi connectivity index (χ1v) is 8.22. The number of anilines is 1. The minimum Gasteiger partial charge on any atom is -0.370 e. The summed E-state index contributed by atoms with van der Waals surface area (Å²) in [6, 6.07) is 9.26. The fraction of sp³-hybridized carbons (Fsp3) is 0.625. The van der Waals surface area contributed by atoms with Gasteiger partial charge in [-0.3, -0.25) is 0 Å². The SMILES string of the molecule is CC.CC.CC.CC1CSc2ccccc2N1C. The second-order valence-corrected chi connectivity index (χ2v) is 4.30. The Balaban J connectivity index is 0. The van der Waals surface area contributed by atoms with Crippen LogP contribution in [0.5, 0.6) is 0 Å². The summed E-state index contributed by atoms with van der Waals surface area (Å²) >= 11 is 1.96. The van der Waals surface area contributed by atoms with E-state index < -0.39 is 0 Å². The summed E-state index contributed by atoms with van der Waals surface area (Å²) in [7, 11) is 2.17. The molecule has 0 amide bonds. The molecule has 1 unspecified atom stereocenters. The van der Waals surface area contributed by atoms with Crippen molar-refractivity contribution in [2.45, 2.75) is 59.4 Å². The second kappa shape index (κ2) is 12.8. The molecule has 1 nitrogen and oxygen atoms in total. The quantitative estimate of drug-likeness (QED) is 0.594. The zero-order valence-electron chi connectivity index (χ0n) is 13.4. The molecular weight excluding hydrogens is 238 g/mol. The molecule has 1 aromatic rings. The monoisotopic (exact) mass is 269 g/mol. The van der Waals surface area contributed by atoms with Gasteiger partial charge >= 0.3 is 0 Å². The molecule has 106 valence electrons. The van der Waals surface area contributed by atoms with Crippen LogP contribution in [-0.4, -0.2) is 18.8 Å². The first-order chi connectivity index (χ1) is 8.79. The van der Waals surface area contributed by atoms with Gasteiger partial charge in [0.2, 0.25) is 0 Å². The fourth-order valence-electron chi connectivity index (χ4n) is 1.43. The first kappa shape index (κ1) is 19.7. The topological polar surface area (TPSA) is 3.24 Å². The molecule has 2 rings (SSSR count). The van der Waals surface area contributed by atoms with E-state index in [0.717, 1.165) is 0 Å². The Labute approximate surface area is 119 Å². The van der Waals surface area contributed by atoms with Crippen LogP contribution in [0.25, 0.3) is 0 Å². The van der Waals surface area contributed by atoms with Gasteiger partial charge in [0.05, 0.1) is 5.69 Å². The summed E-state index contributed by atoms with van der Waals surface area (Å²) < 4.78 is 0. The van der Waals surface area contributed by atoms with Gasteiger partial charge in [-0.25, -0.2) is 0 Å². The highest BCUT2D eigenvalue weighted by Crippen LogP contribution is 2.35. The lowest BCUT2D eigenvalue weighted by atomic mass is 10.2. The smallest absolute Gasteiger partial charge is 0.0504 e. The summed E-state index contributed by atoms with van der Waals surface area (Å²) in [6.07, 6.45) is 0. The van der Waals surface area contributed by atoms with Crippen LogP contribution >= 0.6 is 11.8 Å². The Hall–Kier alpha value is -0.630. The van der Waals surface area contributed by atoms with Gasteiger partial charge in [-0.15, -0.1) is 11.8 Å². The Morgan fingerprint density at radius 2 is 1.50 bits per heavy atom. The Morgan fingerprint density at radius 1 is 1.00 bits per heavy atom. The minimum atomic E-state index is 0.657. The van der Waals surface area contributed by atoms with Gasteiger partial charge in [0, 0.05) is 23.7 Å². The van der Waals surface area contributed by atoms with Crippen molar-refractivity contribution in [2.75, 3.05) is 17.7 Å². The van der Waals surface area contributed by atoms with E-state index >= 15 is 0 Å². The van der Waals surface area contributed by atoms with Crippen molar-refractivity contribution in [1.82, 2.24) is 0 Å². The van der Waals surface area contributed by atoms with Crippen molar-refractivity contribution in [3.05, 3.63) is 24.3 Å². The van der Waals surface area contributed by atoms with E-state index in [9.17, 15) is 0 Å². The molecule has 0 radical (unpaired) electrons. The molecule has 0 saturated carbocycles. The van der Waals surface area contributed by atoms with Gasteiger partial charge in [0.15, 0.2) is 0 Å². The maximum atomic E-state index is 2.35. The van der Waals surface area contributed by atoms with Crippen molar-refractivity contribution in [3.63, 3.8) is 0 Å². The molecule has 1 aromatic carbocycles. The van der Waals surface area contributed by atoms with E-state index in [0.29, 0.717) is 6.04 Å². The second-order valence-electron chi connectivity index (χ2n) is 3.24. The van der Waals surface area contributed by atoms with E-state index in [1.54, 1.807) is 0 Å². The van der Waals surface area contributed by atoms with Crippen LogP contribution in [0.1, 0.15) is 48.5 Å². The van der Waals surface area contributed by atoms with Crippen molar-refractivity contribution >= 4 is 17.4 Å². The molecule has 0 aromatic heterocycles. The Bertz CT molecular complexity index is 286. The summed E-state index contributed by atoms with van der Waals surface area (Å²) in [6.45, 7) is 14.3. The molecule has 1 aliphatic heterocycles. The number of benzene rings is 1. The predicted molar refractivity (Wildman–Crippen MR) is 89.1 cm³/mol. The minimum absolute atomic E-state index is 0.657. The Morgan fingerprint density at radius 3 is 2.06 bits per heavy atom. The molecular formula is C16H31NS. The molecule has 0 aliphatic carbocycles. The maximum Gasteiger partial charge on any atom is 0.0504 e. The number of nitrogens with zero attached hydrogens (tertiary/aromatic N) is 1. The highest BCUT2D eigenvalue weighted by molar-refractivity contribution is 7.99. The summed E-state index contributed by atoms with van der Waals surface area (Å²) in [5, 5.41) is 0. The molecule has 1 heterocycles. The lowest BCUT2D eigenvalue weighted by Crippen LogP contribution is -2.33. The van der Waals surface area contributed by atoms with Crippen LogP contribution in [0.3, 0.4) is 0 Å². The van der Waals surface area contributed by atoms with Crippen LogP contribution in [0.15, 0.2) is 29.2 Å². The van der Waals surface area contributed by atoms with E-state index in [1.165, 1.54) is 16.3 Å². The van der Waals surface area contributed by atoms with Gasteiger partial charge in [0.1, 0.15) is 0 Å². The third-order valence-electron chi connectivity index (χ3n) is 2.39. The van der Waals surface area contributed by atoms with Crippen molar-refractivity contribution in [2.24, 2.45) is 0 Å². The molecule has 0 saturated heterocycles. The van der Waals surface area contributed by atoms with Crippen LogP contribution in [-0.2, 0) is 0 Å². The van der Waals surface area contributed by atoms with Crippen molar-refractivity contribution in [1.29, 1.82) is 0 Å². The lowest BCUT2D eigenvalue weighted by Gasteiger charge is -2.33. The van der Waals surface area contributed by atoms with Crippen LogP contribution in [0, 0.1) is 0 Å². The largest absolute Gasteiger partial charge is 0.370 e. The van der Waals surface area contributed by atoms with Crippen molar-refractivity contribution < 1.29 is 0 Å². The number of hydrogen-bond donors (Lipinski definition) is 0. The average Bonchev–Trinajstić information content (AvgIpc) is 2.49. The van der Waals surface area contributed by atoms with Crippen LogP contribution in [0.2, 0.25) is 0 Å². The van der Waals surface area contributed by atoms with Crippen molar-refractivity contribution in [3.8, 4) is 0 Å². The number of rotatable bonds is 0. The van der Waals surface area contributed by atoms with Gasteiger partial charge in [-0.1, -0.05) is 53.7 Å². The lowest BCUT2D eigenvalue weighted by molar-refractivity contribution is 0.748. The molecule has 0 bridgehead atoms. The molecule has 0 fully saturated rings. The molecule has 1 aliphatic rings. The van der Waals surface area contributed by atoms with Gasteiger partial charge in [0.25, 0.3) is 0 Å². The zero-order chi connectivity index (χ0) is 14.6. The van der Waals surface area contributed by atoms with Crippen LogP contribution in [0.4, 0.5) is 5.69 Å². The first-order valence-electron chi connectivity index (χ1n) is 7.23. The van der Waals surface area contributed by atoms with Gasteiger partial charge < -0.3 is 4.90 Å². The molecule has 0 N–H and O–H groups in total. The van der Waals surface area contributed by atoms with Gasteiger partial charge in [-0.2, -0.15) is 0 Å². The number of fused-ring (bicyclic) bond motifs is 1. The highest BCUT2D eigenvalue weighted by atomic mass is 32.2. The van der Waals surface area contributed by atoms with Crippen LogP contribution < -0.4 is 4.90 Å². The molecule has 1 atom stereocenters. The third kappa shape index (κ3) is 5.81. The van der Waals surface area contributed by atoms with E-state index in [4.69, 9.17) is 0 Å². The summed E-state index contributed by atoms with van der Waals surface area (Å²) in [5.41, 5.74) is 1.38. The number of thioether (sulfide) groups is 1. The average molecular weight is 269 g/mol. The molecule has 0 spiro atoms. The fourth-order valence-corrected chi connectivity index (χ4v) is 2.61. The highest BCUT2D eigenvalue weighted by Gasteiger charge is 2.18. The number of para-hydroxylation sites is 1. The van der Waals surface area contributed by atoms with E-state index in [2.05, 4.69) is 43.1 Å². The van der Waals surface area contributed by atoms with Gasteiger partial charge in [-0.05, 0) is 19.1 Å². The van der Waals surface area contributed by atoms with E-state index in [1.807, 2.05) is 53.3 Å². The normalized spacial score (nSPS) is 15.8. The molecule has 2 heteroatoms. The summed E-state index contributed by atoms with van der Waals surface area (Å²) in [5.74, 6) is 1.20. The predicted octanol–water partition coefficient (Wildman–Crippen LogP) is 5.70. The number of hydrogen-bond acceptors (Lipinski definition) is 2. The zero-order valence-corrected chi connectivity index (χ0v) is 14.3. The molecule has 18 heavy (non-hydrogen) atoms. The summed E-state index contributed by atoms with van der Waals surface area (Å²) in [4.78, 5) is 3.77. The third-order valence-corrected chi connectivity index (χ3v) is 3.69. The standard InChI is InChI=1S/C10H13NS.3C2H6/c1-8-7-12-10-6-4-3-5-9(10)11(8)2;3*1-2/h3-6,8H,7H2,1-2H3;3*1-2H3. The van der Waals surface area contributed by atoms with E-state index in [-0.39, 0.29) is 0 Å². The maximum absolute atomic E-state index is 2.35. The Kier molecular flexibility index (Phi) is 14.0.